The second kappa shape index (κ2) is 7.68. The molecule has 0 saturated carbocycles. The minimum atomic E-state index is -3.65. The molecular formula is C23H23N5O3S. The Balaban J connectivity index is 1.51. The Morgan fingerprint density at radius 2 is 1.66 bits per heavy atom. The topological polar surface area (TPSA) is 94.1 Å². The molecule has 0 amide bonds. The third kappa shape index (κ3) is 3.53. The van der Waals surface area contributed by atoms with Gasteiger partial charge in [0.25, 0.3) is 5.89 Å². The lowest BCUT2D eigenvalue weighted by molar-refractivity contribution is 0.386. The molecule has 1 aliphatic heterocycles. The molecule has 0 spiro atoms. The van der Waals surface area contributed by atoms with Gasteiger partial charge in [-0.1, -0.05) is 24.3 Å². The van der Waals surface area contributed by atoms with E-state index in [9.17, 15) is 8.42 Å². The maximum absolute atomic E-state index is 13.4. The fourth-order valence-electron chi connectivity index (χ4n) is 4.19. The third-order valence-corrected chi connectivity index (χ3v) is 7.51. The summed E-state index contributed by atoms with van der Waals surface area (Å²) >= 11 is 0. The molecule has 164 valence electrons. The van der Waals surface area contributed by atoms with Crippen molar-refractivity contribution in [3.63, 3.8) is 0 Å². The van der Waals surface area contributed by atoms with Gasteiger partial charge in [-0.15, -0.1) is 10.2 Å². The Morgan fingerprint density at radius 3 is 2.38 bits per heavy atom. The highest BCUT2D eigenvalue weighted by molar-refractivity contribution is 7.89. The monoisotopic (exact) mass is 449 g/mol. The predicted molar refractivity (Wildman–Crippen MR) is 119 cm³/mol. The van der Waals surface area contributed by atoms with E-state index in [4.69, 9.17) is 4.42 Å². The number of aromatic nitrogens is 4. The number of sulfonamides is 1. The summed E-state index contributed by atoms with van der Waals surface area (Å²) in [6, 6.07) is 14.9. The lowest BCUT2D eigenvalue weighted by atomic mass is 10.1. The zero-order valence-corrected chi connectivity index (χ0v) is 18.9. The van der Waals surface area contributed by atoms with Crippen molar-refractivity contribution in [2.75, 3.05) is 6.54 Å². The standard InChI is InChI=1S/C23H23N5O3S/c1-15-11-16(2)13-18(12-15)32(29,30)28-10-9-20-19(14-28)21(26-27(20)3)23-25-24-22(31-23)17-7-5-4-6-8-17/h4-8,11-13H,9-10,14H2,1-3H3. The Bertz CT molecular complexity index is 1390. The largest absolute Gasteiger partial charge is 0.415 e. The summed E-state index contributed by atoms with van der Waals surface area (Å²) in [7, 11) is -1.80. The lowest BCUT2D eigenvalue weighted by Crippen LogP contribution is -2.36. The first-order valence-corrected chi connectivity index (χ1v) is 11.8. The summed E-state index contributed by atoms with van der Waals surface area (Å²) in [5, 5.41) is 12.9. The van der Waals surface area contributed by atoms with E-state index in [0.29, 0.717) is 29.4 Å². The van der Waals surface area contributed by atoms with Crippen molar-refractivity contribution >= 4 is 10.0 Å². The van der Waals surface area contributed by atoms with Gasteiger partial charge in [-0.05, 0) is 49.2 Å². The summed E-state index contributed by atoms with van der Waals surface area (Å²) in [6.45, 7) is 4.40. The van der Waals surface area contributed by atoms with Crippen LogP contribution in [-0.4, -0.2) is 39.2 Å². The first-order chi connectivity index (χ1) is 15.3. The molecule has 0 N–H and O–H groups in total. The number of hydrogen-bond acceptors (Lipinski definition) is 6. The second-order valence-electron chi connectivity index (χ2n) is 8.09. The zero-order valence-electron chi connectivity index (χ0n) is 18.1. The molecule has 2 aromatic heterocycles. The first kappa shape index (κ1) is 20.6. The van der Waals surface area contributed by atoms with Crippen LogP contribution in [0.4, 0.5) is 0 Å². The smallest absolute Gasteiger partial charge is 0.268 e. The average molecular weight is 450 g/mol. The van der Waals surface area contributed by atoms with Crippen molar-refractivity contribution in [1.29, 1.82) is 0 Å². The summed E-state index contributed by atoms with van der Waals surface area (Å²) in [4.78, 5) is 0.313. The normalized spacial score (nSPS) is 14.5. The fourth-order valence-corrected chi connectivity index (χ4v) is 5.79. The summed E-state index contributed by atoms with van der Waals surface area (Å²) in [6.07, 6.45) is 0.558. The molecule has 4 aromatic rings. The summed E-state index contributed by atoms with van der Waals surface area (Å²) in [5.74, 6) is 0.682. The SMILES string of the molecule is Cc1cc(C)cc(S(=O)(=O)N2CCc3c(c(-c4nnc(-c5ccccc5)o4)nn3C)C2)c1. The fraction of sp³-hybridized carbons (Fsp3) is 0.261. The van der Waals surface area contributed by atoms with Gasteiger partial charge in [-0.3, -0.25) is 4.68 Å². The Labute approximate surface area is 186 Å². The molecule has 0 unspecified atom stereocenters. The van der Waals surface area contributed by atoms with Gasteiger partial charge in [0.1, 0.15) is 0 Å². The van der Waals surface area contributed by atoms with Crippen LogP contribution < -0.4 is 0 Å². The van der Waals surface area contributed by atoms with E-state index >= 15 is 0 Å². The van der Waals surface area contributed by atoms with E-state index < -0.39 is 10.0 Å². The molecule has 0 fully saturated rings. The average Bonchev–Trinajstić information content (AvgIpc) is 3.38. The van der Waals surface area contributed by atoms with Gasteiger partial charge in [0, 0.05) is 43.4 Å². The van der Waals surface area contributed by atoms with E-state index in [1.165, 1.54) is 4.31 Å². The molecule has 5 rings (SSSR count). The molecule has 0 aliphatic carbocycles. The van der Waals surface area contributed by atoms with Crippen LogP contribution in [0.5, 0.6) is 0 Å². The summed E-state index contributed by atoms with van der Waals surface area (Å²) < 4.78 is 36.0. The molecule has 3 heterocycles. The molecule has 0 bridgehead atoms. The van der Waals surface area contributed by atoms with Gasteiger partial charge in [-0.2, -0.15) is 9.40 Å². The quantitative estimate of drug-likeness (QED) is 0.473. The highest BCUT2D eigenvalue weighted by Gasteiger charge is 2.33. The molecule has 2 aromatic carbocycles. The first-order valence-electron chi connectivity index (χ1n) is 10.4. The number of rotatable bonds is 4. The van der Waals surface area contributed by atoms with E-state index in [-0.39, 0.29) is 12.4 Å². The number of hydrogen-bond donors (Lipinski definition) is 0. The molecule has 0 saturated heterocycles. The van der Waals surface area contributed by atoms with Gasteiger partial charge in [0.2, 0.25) is 15.9 Å². The Morgan fingerprint density at radius 1 is 0.969 bits per heavy atom. The number of benzene rings is 2. The lowest BCUT2D eigenvalue weighted by Gasteiger charge is -2.27. The minimum Gasteiger partial charge on any atom is -0.415 e. The maximum atomic E-state index is 13.4. The van der Waals surface area contributed by atoms with Gasteiger partial charge in [0.15, 0.2) is 5.69 Å². The van der Waals surface area contributed by atoms with Crippen LogP contribution in [0.25, 0.3) is 23.0 Å². The highest BCUT2D eigenvalue weighted by Crippen LogP contribution is 2.33. The van der Waals surface area contributed by atoms with Crippen molar-refractivity contribution in [1.82, 2.24) is 24.3 Å². The summed E-state index contributed by atoms with van der Waals surface area (Å²) in [5.41, 5.74) is 4.96. The van der Waals surface area contributed by atoms with Gasteiger partial charge in [-0.25, -0.2) is 8.42 Å². The van der Waals surface area contributed by atoms with E-state index in [1.807, 2.05) is 57.3 Å². The van der Waals surface area contributed by atoms with Crippen molar-refractivity contribution in [3.05, 3.63) is 70.9 Å². The number of aryl methyl sites for hydroxylation is 3. The molecule has 1 aliphatic rings. The van der Waals surface area contributed by atoms with Crippen LogP contribution in [-0.2, 0) is 30.0 Å². The number of fused-ring (bicyclic) bond motifs is 1. The number of nitrogens with zero attached hydrogens (tertiary/aromatic N) is 5. The Hall–Kier alpha value is -3.30. The molecular weight excluding hydrogens is 426 g/mol. The third-order valence-electron chi connectivity index (χ3n) is 5.69. The predicted octanol–water partition coefficient (Wildman–Crippen LogP) is 3.50. The van der Waals surface area contributed by atoms with Crippen LogP contribution >= 0.6 is 0 Å². The van der Waals surface area contributed by atoms with Crippen LogP contribution in [0.3, 0.4) is 0 Å². The van der Waals surface area contributed by atoms with Crippen molar-refractivity contribution < 1.29 is 12.8 Å². The molecule has 0 radical (unpaired) electrons. The molecule has 0 atom stereocenters. The van der Waals surface area contributed by atoms with E-state index in [2.05, 4.69) is 15.3 Å². The molecule has 8 nitrogen and oxygen atoms in total. The highest BCUT2D eigenvalue weighted by atomic mass is 32.2. The van der Waals surface area contributed by atoms with E-state index in [0.717, 1.165) is 27.9 Å². The van der Waals surface area contributed by atoms with Crippen LogP contribution in [0.1, 0.15) is 22.4 Å². The maximum Gasteiger partial charge on any atom is 0.268 e. The Kier molecular flexibility index (Phi) is 4.94. The molecule has 9 heteroatoms. The van der Waals surface area contributed by atoms with Crippen LogP contribution in [0.15, 0.2) is 57.8 Å². The van der Waals surface area contributed by atoms with Crippen molar-refractivity contribution in [2.24, 2.45) is 7.05 Å². The molecule has 32 heavy (non-hydrogen) atoms. The minimum absolute atomic E-state index is 0.205. The van der Waals surface area contributed by atoms with Gasteiger partial charge in [0.05, 0.1) is 4.90 Å². The second-order valence-corrected chi connectivity index (χ2v) is 10.0. The van der Waals surface area contributed by atoms with Crippen LogP contribution in [0.2, 0.25) is 0 Å². The zero-order chi connectivity index (χ0) is 22.5. The van der Waals surface area contributed by atoms with Gasteiger partial charge < -0.3 is 4.42 Å². The van der Waals surface area contributed by atoms with E-state index in [1.54, 1.807) is 16.8 Å². The van der Waals surface area contributed by atoms with Crippen molar-refractivity contribution in [3.8, 4) is 23.0 Å². The van der Waals surface area contributed by atoms with Crippen LogP contribution in [0, 0.1) is 13.8 Å². The van der Waals surface area contributed by atoms with Gasteiger partial charge >= 0.3 is 0 Å². The van der Waals surface area contributed by atoms with Crippen molar-refractivity contribution in [2.45, 2.75) is 31.7 Å².